The van der Waals surface area contributed by atoms with Crippen molar-refractivity contribution in [3.05, 3.63) is 35.4 Å². The molecule has 114 valence electrons. The van der Waals surface area contributed by atoms with E-state index < -0.39 is 0 Å². The first kappa shape index (κ1) is 14.5. The Morgan fingerprint density at radius 3 is 3.00 bits per heavy atom. The van der Waals surface area contributed by atoms with E-state index in [9.17, 15) is 4.79 Å². The minimum Gasteiger partial charge on any atom is -0.465 e. The third-order valence-corrected chi connectivity index (χ3v) is 4.98. The second kappa shape index (κ2) is 6.16. The van der Waals surface area contributed by atoms with E-state index >= 15 is 0 Å². The third-order valence-electron chi connectivity index (χ3n) is 4.98. The molecule has 2 fully saturated rings. The van der Waals surface area contributed by atoms with Gasteiger partial charge in [-0.1, -0.05) is 18.6 Å². The van der Waals surface area contributed by atoms with Crippen LogP contribution in [0.5, 0.6) is 0 Å². The number of nitrogens with two attached hydrogens (primary N) is 1. The van der Waals surface area contributed by atoms with Crippen molar-refractivity contribution in [2.75, 3.05) is 20.2 Å². The van der Waals surface area contributed by atoms with E-state index in [2.05, 4.69) is 11.0 Å². The lowest BCUT2D eigenvalue weighted by atomic mass is 9.78. The Labute approximate surface area is 126 Å². The summed E-state index contributed by atoms with van der Waals surface area (Å²) >= 11 is 0. The molecule has 0 aromatic heterocycles. The molecule has 0 spiro atoms. The van der Waals surface area contributed by atoms with Crippen LogP contribution in [0.1, 0.15) is 35.2 Å². The van der Waals surface area contributed by atoms with Crippen molar-refractivity contribution >= 4 is 5.97 Å². The molecule has 4 heteroatoms. The van der Waals surface area contributed by atoms with Crippen molar-refractivity contribution in [2.24, 2.45) is 17.6 Å². The highest BCUT2D eigenvalue weighted by Crippen LogP contribution is 2.36. The summed E-state index contributed by atoms with van der Waals surface area (Å²) in [5.74, 6) is 1.15. The molecule has 1 heterocycles. The second-order valence-corrected chi connectivity index (χ2v) is 6.40. The van der Waals surface area contributed by atoms with E-state index in [1.807, 2.05) is 12.1 Å². The van der Waals surface area contributed by atoms with Crippen LogP contribution < -0.4 is 5.73 Å². The van der Waals surface area contributed by atoms with E-state index in [-0.39, 0.29) is 5.97 Å². The standard InChI is InChI=1S/C17H24N2O2/c1-21-17(20)13-5-2-4-12(8-13)9-19-10-14-6-3-7-16(18)15(14)11-19/h2,4-5,8,14-16H,3,6-7,9-11,18H2,1H3. The van der Waals surface area contributed by atoms with Crippen LogP contribution in [0.3, 0.4) is 0 Å². The topological polar surface area (TPSA) is 55.6 Å². The largest absolute Gasteiger partial charge is 0.465 e. The summed E-state index contributed by atoms with van der Waals surface area (Å²) in [5, 5.41) is 0. The average Bonchev–Trinajstić information content (AvgIpc) is 2.90. The minimum absolute atomic E-state index is 0.269. The van der Waals surface area contributed by atoms with Gasteiger partial charge in [0.1, 0.15) is 0 Å². The number of benzene rings is 1. The van der Waals surface area contributed by atoms with E-state index in [0.717, 1.165) is 25.6 Å². The van der Waals surface area contributed by atoms with Gasteiger partial charge in [0.05, 0.1) is 12.7 Å². The van der Waals surface area contributed by atoms with Gasteiger partial charge in [0.2, 0.25) is 0 Å². The van der Waals surface area contributed by atoms with Crippen LogP contribution in [0.25, 0.3) is 0 Å². The number of hydrogen-bond acceptors (Lipinski definition) is 4. The number of fused-ring (bicyclic) bond motifs is 1. The van der Waals surface area contributed by atoms with Gasteiger partial charge in [0.15, 0.2) is 0 Å². The smallest absolute Gasteiger partial charge is 0.337 e. The summed E-state index contributed by atoms with van der Waals surface area (Å²) in [6.45, 7) is 3.12. The van der Waals surface area contributed by atoms with Crippen molar-refractivity contribution < 1.29 is 9.53 Å². The molecule has 3 atom stereocenters. The number of nitrogens with zero attached hydrogens (tertiary/aromatic N) is 1. The number of hydrogen-bond donors (Lipinski definition) is 1. The van der Waals surface area contributed by atoms with Gasteiger partial charge in [0, 0.05) is 25.7 Å². The Hall–Kier alpha value is -1.39. The first-order valence-electron chi connectivity index (χ1n) is 7.82. The first-order valence-corrected chi connectivity index (χ1v) is 7.82. The SMILES string of the molecule is COC(=O)c1cccc(CN2CC3CCCC(N)C3C2)c1. The zero-order valence-corrected chi connectivity index (χ0v) is 12.6. The fourth-order valence-corrected chi connectivity index (χ4v) is 3.91. The van der Waals surface area contributed by atoms with E-state index in [1.54, 1.807) is 6.07 Å². The molecule has 1 aromatic carbocycles. The van der Waals surface area contributed by atoms with Crippen molar-refractivity contribution in [1.82, 2.24) is 4.90 Å². The van der Waals surface area contributed by atoms with E-state index in [0.29, 0.717) is 17.5 Å². The average molecular weight is 288 g/mol. The third kappa shape index (κ3) is 3.11. The van der Waals surface area contributed by atoms with Crippen molar-refractivity contribution in [2.45, 2.75) is 31.8 Å². The van der Waals surface area contributed by atoms with Crippen LogP contribution in [-0.2, 0) is 11.3 Å². The predicted molar refractivity (Wildman–Crippen MR) is 81.9 cm³/mol. The molecular formula is C17H24N2O2. The Bertz CT molecular complexity index is 517. The number of rotatable bonds is 3. The fourth-order valence-electron chi connectivity index (χ4n) is 3.91. The summed E-state index contributed by atoms with van der Waals surface area (Å²) in [7, 11) is 1.42. The molecule has 1 saturated heterocycles. The Morgan fingerprint density at radius 1 is 1.38 bits per heavy atom. The monoisotopic (exact) mass is 288 g/mol. The molecule has 1 aliphatic heterocycles. The van der Waals surface area contributed by atoms with Gasteiger partial charge in [-0.25, -0.2) is 4.79 Å². The maximum atomic E-state index is 11.6. The summed E-state index contributed by atoms with van der Waals surface area (Å²) in [6, 6.07) is 8.11. The highest BCUT2D eigenvalue weighted by Gasteiger charge is 2.38. The number of esters is 1. The molecule has 2 aliphatic rings. The van der Waals surface area contributed by atoms with Gasteiger partial charge in [-0.05, 0) is 42.4 Å². The molecule has 4 nitrogen and oxygen atoms in total. The lowest BCUT2D eigenvalue weighted by Crippen LogP contribution is -2.38. The highest BCUT2D eigenvalue weighted by molar-refractivity contribution is 5.89. The molecule has 21 heavy (non-hydrogen) atoms. The van der Waals surface area contributed by atoms with Gasteiger partial charge in [-0.15, -0.1) is 0 Å². The van der Waals surface area contributed by atoms with Crippen molar-refractivity contribution in [3.63, 3.8) is 0 Å². The van der Waals surface area contributed by atoms with Crippen LogP contribution >= 0.6 is 0 Å². The van der Waals surface area contributed by atoms with Gasteiger partial charge in [-0.3, -0.25) is 4.90 Å². The highest BCUT2D eigenvalue weighted by atomic mass is 16.5. The zero-order valence-electron chi connectivity index (χ0n) is 12.6. The molecule has 1 aromatic rings. The van der Waals surface area contributed by atoms with Crippen LogP contribution in [0.2, 0.25) is 0 Å². The van der Waals surface area contributed by atoms with Gasteiger partial charge in [-0.2, -0.15) is 0 Å². The maximum Gasteiger partial charge on any atom is 0.337 e. The quantitative estimate of drug-likeness (QED) is 0.865. The number of methoxy groups -OCH3 is 1. The number of ether oxygens (including phenoxy) is 1. The summed E-state index contributed by atoms with van der Waals surface area (Å²) in [4.78, 5) is 14.1. The van der Waals surface area contributed by atoms with Crippen molar-refractivity contribution in [3.8, 4) is 0 Å². The molecule has 1 aliphatic carbocycles. The molecule has 0 amide bonds. The maximum absolute atomic E-state index is 11.6. The molecule has 1 saturated carbocycles. The van der Waals surface area contributed by atoms with Crippen LogP contribution in [0.15, 0.2) is 24.3 Å². The predicted octanol–water partition coefficient (Wildman–Crippen LogP) is 2.03. The van der Waals surface area contributed by atoms with E-state index in [1.165, 1.54) is 31.9 Å². The van der Waals surface area contributed by atoms with Gasteiger partial charge < -0.3 is 10.5 Å². The number of carbonyl (C=O) groups excluding carboxylic acids is 1. The summed E-state index contributed by atoms with van der Waals surface area (Å²) in [5.41, 5.74) is 8.07. The number of carbonyl (C=O) groups is 1. The van der Waals surface area contributed by atoms with E-state index in [4.69, 9.17) is 10.5 Å². The normalized spacial score (nSPS) is 29.1. The van der Waals surface area contributed by atoms with Gasteiger partial charge >= 0.3 is 5.97 Å². The summed E-state index contributed by atoms with van der Waals surface area (Å²) < 4.78 is 4.78. The molecule has 3 unspecified atom stereocenters. The molecular weight excluding hydrogens is 264 g/mol. The molecule has 0 radical (unpaired) electrons. The Morgan fingerprint density at radius 2 is 2.24 bits per heavy atom. The first-order chi connectivity index (χ1) is 10.2. The Balaban J connectivity index is 1.66. The lowest BCUT2D eigenvalue weighted by molar-refractivity contribution is 0.0600. The second-order valence-electron chi connectivity index (χ2n) is 6.40. The van der Waals surface area contributed by atoms with Crippen LogP contribution in [0.4, 0.5) is 0 Å². The molecule has 2 N–H and O–H groups in total. The molecule has 3 rings (SSSR count). The van der Waals surface area contributed by atoms with Crippen LogP contribution in [0, 0.1) is 11.8 Å². The fraction of sp³-hybridized carbons (Fsp3) is 0.588. The number of likely N-dealkylation sites (tertiary alicyclic amines) is 1. The lowest BCUT2D eigenvalue weighted by Gasteiger charge is -2.29. The summed E-state index contributed by atoms with van der Waals surface area (Å²) in [6.07, 6.45) is 3.76. The molecule has 0 bridgehead atoms. The Kier molecular flexibility index (Phi) is 4.27. The van der Waals surface area contributed by atoms with Crippen LogP contribution in [-0.4, -0.2) is 37.1 Å². The van der Waals surface area contributed by atoms with Crippen molar-refractivity contribution in [1.29, 1.82) is 0 Å². The van der Waals surface area contributed by atoms with Gasteiger partial charge in [0.25, 0.3) is 0 Å². The zero-order chi connectivity index (χ0) is 14.8. The minimum atomic E-state index is -0.269.